The van der Waals surface area contributed by atoms with Gasteiger partial charge in [0.05, 0.1) is 12.8 Å². The molecule has 0 unspecified atom stereocenters. The van der Waals surface area contributed by atoms with Crippen molar-refractivity contribution in [3.05, 3.63) is 35.4 Å². The number of aryl methyl sites for hydroxylation is 1. The highest BCUT2D eigenvalue weighted by Gasteiger charge is 2.23. The van der Waals surface area contributed by atoms with E-state index in [0.717, 1.165) is 43.1 Å². The van der Waals surface area contributed by atoms with E-state index in [1.807, 2.05) is 31.2 Å². The van der Waals surface area contributed by atoms with Gasteiger partial charge in [-0.2, -0.15) is 4.31 Å². The first kappa shape index (κ1) is 17.0. The fraction of sp³-hybridized carbons (Fsp3) is 0.562. The molecular formula is C16H24N2O3S. The largest absolute Gasteiger partial charge is 0.352 e. The van der Waals surface area contributed by atoms with Crippen LogP contribution in [0.25, 0.3) is 0 Å². The Bertz CT molecular complexity index is 605. The van der Waals surface area contributed by atoms with Gasteiger partial charge in [-0.3, -0.25) is 4.79 Å². The maximum atomic E-state index is 12.1. The molecule has 1 aliphatic carbocycles. The number of hydrogen-bond donors (Lipinski definition) is 1. The third kappa shape index (κ3) is 5.10. The zero-order valence-electron chi connectivity index (χ0n) is 13.2. The van der Waals surface area contributed by atoms with Crippen molar-refractivity contribution in [2.75, 3.05) is 12.8 Å². The predicted octanol–water partition coefficient (Wildman–Crippen LogP) is 1.82. The van der Waals surface area contributed by atoms with Crippen LogP contribution in [0.3, 0.4) is 0 Å². The molecule has 0 bridgehead atoms. The summed E-state index contributed by atoms with van der Waals surface area (Å²) in [6, 6.07) is 7.86. The second-order valence-corrected chi connectivity index (χ2v) is 8.05. The van der Waals surface area contributed by atoms with E-state index < -0.39 is 10.0 Å². The molecule has 5 nitrogen and oxygen atoms in total. The minimum atomic E-state index is -3.43. The molecule has 1 aromatic carbocycles. The number of nitrogens with one attached hydrogen (secondary N) is 1. The van der Waals surface area contributed by atoms with Crippen molar-refractivity contribution in [3.63, 3.8) is 0 Å². The van der Waals surface area contributed by atoms with Crippen molar-refractivity contribution in [2.24, 2.45) is 0 Å². The van der Waals surface area contributed by atoms with Crippen LogP contribution >= 0.6 is 0 Å². The number of benzene rings is 1. The second-order valence-electron chi connectivity index (χ2n) is 6.07. The van der Waals surface area contributed by atoms with Crippen molar-refractivity contribution < 1.29 is 13.2 Å². The average Bonchev–Trinajstić information content (AvgIpc) is 2.92. The summed E-state index contributed by atoms with van der Waals surface area (Å²) in [4.78, 5) is 12.1. The van der Waals surface area contributed by atoms with Crippen LogP contribution in [0, 0.1) is 6.92 Å². The highest BCUT2D eigenvalue weighted by atomic mass is 32.2. The van der Waals surface area contributed by atoms with Gasteiger partial charge in [0.15, 0.2) is 0 Å². The lowest BCUT2D eigenvalue weighted by molar-refractivity contribution is -0.122. The van der Waals surface area contributed by atoms with E-state index in [-0.39, 0.29) is 25.0 Å². The van der Waals surface area contributed by atoms with Crippen LogP contribution in [0.1, 0.15) is 36.8 Å². The highest BCUT2D eigenvalue weighted by Crippen LogP contribution is 2.17. The van der Waals surface area contributed by atoms with Gasteiger partial charge < -0.3 is 5.32 Å². The standard InChI is InChI=1S/C16H24N2O3S/c1-13-7-9-14(10-8-13)11-18(22(2,20)21)12-16(19)17-15-5-3-4-6-15/h7-10,15H,3-6,11-12H2,1-2H3,(H,17,19). The molecule has 1 N–H and O–H groups in total. The molecule has 2 rings (SSSR count). The Morgan fingerprint density at radius 1 is 1.23 bits per heavy atom. The van der Waals surface area contributed by atoms with Crippen LogP contribution < -0.4 is 5.32 Å². The van der Waals surface area contributed by atoms with Crippen LogP contribution in [0.5, 0.6) is 0 Å². The Balaban J connectivity index is 2.00. The van der Waals surface area contributed by atoms with E-state index in [2.05, 4.69) is 5.32 Å². The van der Waals surface area contributed by atoms with Crippen molar-refractivity contribution in [1.82, 2.24) is 9.62 Å². The maximum absolute atomic E-state index is 12.1. The Morgan fingerprint density at radius 3 is 2.36 bits per heavy atom. The van der Waals surface area contributed by atoms with Gasteiger partial charge >= 0.3 is 0 Å². The third-order valence-electron chi connectivity index (χ3n) is 3.99. The minimum Gasteiger partial charge on any atom is -0.352 e. The van der Waals surface area contributed by atoms with Crippen LogP contribution in [0.2, 0.25) is 0 Å². The molecule has 1 saturated carbocycles. The van der Waals surface area contributed by atoms with Gasteiger partial charge in [0.25, 0.3) is 0 Å². The van der Waals surface area contributed by atoms with Crippen molar-refractivity contribution in [2.45, 2.75) is 45.2 Å². The summed E-state index contributed by atoms with van der Waals surface area (Å²) < 4.78 is 25.1. The summed E-state index contributed by atoms with van der Waals surface area (Å²) >= 11 is 0. The minimum absolute atomic E-state index is 0.122. The van der Waals surface area contributed by atoms with Crippen LogP contribution in [-0.2, 0) is 21.4 Å². The van der Waals surface area contributed by atoms with Crippen molar-refractivity contribution >= 4 is 15.9 Å². The lowest BCUT2D eigenvalue weighted by atomic mass is 10.1. The molecule has 1 aromatic rings. The predicted molar refractivity (Wildman–Crippen MR) is 86.8 cm³/mol. The second kappa shape index (κ2) is 7.24. The van der Waals surface area contributed by atoms with Gasteiger partial charge in [0, 0.05) is 12.6 Å². The number of rotatable bonds is 6. The fourth-order valence-electron chi connectivity index (χ4n) is 2.69. The van der Waals surface area contributed by atoms with Gasteiger partial charge in [-0.05, 0) is 25.3 Å². The van der Waals surface area contributed by atoms with Gasteiger partial charge in [-0.1, -0.05) is 42.7 Å². The molecule has 0 atom stereocenters. The zero-order chi connectivity index (χ0) is 16.2. The van der Waals surface area contributed by atoms with E-state index in [0.29, 0.717) is 0 Å². The molecule has 0 spiro atoms. The monoisotopic (exact) mass is 324 g/mol. The fourth-order valence-corrected chi connectivity index (χ4v) is 3.43. The van der Waals surface area contributed by atoms with Gasteiger partial charge in [-0.25, -0.2) is 8.42 Å². The molecule has 122 valence electrons. The van der Waals surface area contributed by atoms with E-state index in [4.69, 9.17) is 0 Å². The summed E-state index contributed by atoms with van der Waals surface area (Å²) in [5.74, 6) is -0.218. The van der Waals surface area contributed by atoms with Gasteiger partial charge in [0.1, 0.15) is 0 Å². The lowest BCUT2D eigenvalue weighted by Gasteiger charge is -2.21. The summed E-state index contributed by atoms with van der Waals surface area (Å²) in [5, 5.41) is 2.93. The van der Waals surface area contributed by atoms with Gasteiger partial charge in [-0.15, -0.1) is 0 Å². The van der Waals surface area contributed by atoms with E-state index in [1.165, 1.54) is 4.31 Å². The highest BCUT2D eigenvalue weighted by molar-refractivity contribution is 7.88. The van der Waals surface area contributed by atoms with Crippen molar-refractivity contribution in [1.29, 1.82) is 0 Å². The molecule has 0 radical (unpaired) electrons. The maximum Gasteiger partial charge on any atom is 0.235 e. The quantitative estimate of drug-likeness (QED) is 0.868. The summed E-state index contributed by atoms with van der Waals surface area (Å²) in [6.45, 7) is 2.08. The first-order chi connectivity index (χ1) is 10.3. The molecule has 22 heavy (non-hydrogen) atoms. The molecule has 0 heterocycles. The van der Waals surface area contributed by atoms with Crippen LogP contribution in [0.4, 0.5) is 0 Å². The average molecular weight is 324 g/mol. The SMILES string of the molecule is Cc1ccc(CN(CC(=O)NC2CCCC2)S(C)(=O)=O)cc1. The molecule has 0 aliphatic heterocycles. The Kier molecular flexibility index (Phi) is 5.58. The smallest absolute Gasteiger partial charge is 0.235 e. The number of amides is 1. The van der Waals surface area contributed by atoms with Crippen molar-refractivity contribution in [3.8, 4) is 0 Å². The van der Waals surface area contributed by atoms with E-state index in [1.54, 1.807) is 0 Å². The Hall–Kier alpha value is -1.40. The summed E-state index contributed by atoms with van der Waals surface area (Å²) in [6.07, 6.45) is 5.38. The molecule has 0 aromatic heterocycles. The van der Waals surface area contributed by atoms with Gasteiger partial charge in [0.2, 0.25) is 15.9 Å². The Morgan fingerprint density at radius 2 is 1.82 bits per heavy atom. The summed E-state index contributed by atoms with van der Waals surface area (Å²) in [7, 11) is -3.43. The lowest BCUT2D eigenvalue weighted by Crippen LogP contribution is -2.42. The first-order valence-corrected chi connectivity index (χ1v) is 9.49. The van der Waals surface area contributed by atoms with E-state index >= 15 is 0 Å². The van der Waals surface area contributed by atoms with Crippen LogP contribution in [-0.4, -0.2) is 37.5 Å². The number of carbonyl (C=O) groups excluding carboxylic acids is 1. The number of hydrogen-bond acceptors (Lipinski definition) is 3. The molecule has 6 heteroatoms. The molecule has 1 aliphatic rings. The number of sulfonamides is 1. The zero-order valence-corrected chi connectivity index (χ0v) is 14.0. The topological polar surface area (TPSA) is 66.5 Å². The molecule has 0 saturated heterocycles. The normalized spacial score (nSPS) is 16.1. The number of carbonyl (C=O) groups is 1. The van der Waals surface area contributed by atoms with E-state index in [9.17, 15) is 13.2 Å². The third-order valence-corrected chi connectivity index (χ3v) is 5.19. The summed E-state index contributed by atoms with van der Waals surface area (Å²) in [5.41, 5.74) is 2.00. The molecule has 1 amide bonds. The first-order valence-electron chi connectivity index (χ1n) is 7.64. The Labute approximate surface area is 132 Å². The number of nitrogens with zero attached hydrogens (tertiary/aromatic N) is 1. The molecule has 1 fully saturated rings. The van der Waals surface area contributed by atoms with Crippen LogP contribution in [0.15, 0.2) is 24.3 Å². The molecular weight excluding hydrogens is 300 g/mol.